The van der Waals surface area contributed by atoms with Crippen molar-refractivity contribution in [1.82, 2.24) is 4.98 Å². The second-order valence-electron chi connectivity index (χ2n) is 5.60. The number of hydrogen-bond acceptors (Lipinski definition) is 1. The van der Waals surface area contributed by atoms with Gasteiger partial charge in [0.25, 0.3) is 0 Å². The van der Waals surface area contributed by atoms with Gasteiger partial charge >= 0.3 is 0 Å². The summed E-state index contributed by atoms with van der Waals surface area (Å²) in [5.74, 6) is 0. The minimum absolute atomic E-state index is 1.15. The van der Waals surface area contributed by atoms with Gasteiger partial charge in [-0.15, -0.1) is 0 Å². The maximum atomic E-state index is 4.21. The topological polar surface area (TPSA) is 12.9 Å². The van der Waals surface area contributed by atoms with E-state index in [1.54, 1.807) is 0 Å². The van der Waals surface area contributed by atoms with E-state index in [1.165, 1.54) is 33.4 Å². The predicted octanol–water partition coefficient (Wildman–Crippen LogP) is 5.34. The van der Waals surface area contributed by atoms with Crippen LogP contribution in [0.2, 0.25) is 0 Å². The third-order valence-electron chi connectivity index (χ3n) is 3.82. The molecule has 0 amide bonds. The molecule has 1 nitrogen and oxygen atoms in total. The molecule has 1 heteroatoms. The van der Waals surface area contributed by atoms with Gasteiger partial charge in [-0.05, 0) is 60.7 Å². The molecule has 1 heterocycles. The van der Waals surface area contributed by atoms with Crippen LogP contribution in [0.25, 0.3) is 22.3 Å². The molecule has 2 aromatic carbocycles. The van der Waals surface area contributed by atoms with Crippen molar-refractivity contribution in [2.24, 2.45) is 0 Å². The summed E-state index contributed by atoms with van der Waals surface area (Å²) in [4.78, 5) is 4.21. The van der Waals surface area contributed by atoms with Crippen molar-refractivity contribution < 1.29 is 0 Å². The number of nitrogens with zero attached hydrogens (tertiary/aromatic N) is 1. The van der Waals surface area contributed by atoms with Crippen LogP contribution in [0.15, 0.2) is 60.9 Å². The van der Waals surface area contributed by atoms with E-state index >= 15 is 0 Å². The van der Waals surface area contributed by atoms with Gasteiger partial charge in [0.05, 0.1) is 0 Å². The lowest BCUT2D eigenvalue weighted by molar-refractivity contribution is 1.32. The highest BCUT2D eigenvalue weighted by Crippen LogP contribution is 2.31. The van der Waals surface area contributed by atoms with Crippen LogP contribution >= 0.6 is 0 Å². The normalized spacial score (nSPS) is 10.6. The lowest BCUT2D eigenvalue weighted by Crippen LogP contribution is -1.90. The molecule has 21 heavy (non-hydrogen) atoms. The number of pyridine rings is 1. The fraction of sp³-hybridized carbons (Fsp3) is 0.150. The summed E-state index contributed by atoms with van der Waals surface area (Å²) in [6.07, 6.45) is 3.72. The van der Waals surface area contributed by atoms with Crippen molar-refractivity contribution >= 4 is 0 Å². The van der Waals surface area contributed by atoms with Gasteiger partial charge in [0.15, 0.2) is 0 Å². The van der Waals surface area contributed by atoms with Crippen molar-refractivity contribution in [2.75, 3.05) is 0 Å². The maximum Gasteiger partial charge on any atom is 0.0346 e. The molecule has 1 aromatic heterocycles. The Hall–Kier alpha value is -2.41. The molecule has 0 aliphatic carbocycles. The first-order valence-electron chi connectivity index (χ1n) is 7.24. The molecule has 0 saturated carbocycles. The molecule has 0 saturated heterocycles. The van der Waals surface area contributed by atoms with E-state index in [1.807, 2.05) is 18.5 Å². The van der Waals surface area contributed by atoms with E-state index in [9.17, 15) is 0 Å². The van der Waals surface area contributed by atoms with Gasteiger partial charge in [0, 0.05) is 18.0 Å². The van der Waals surface area contributed by atoms with Crippen LogP contribution in [0.1, 0.15) is 16.7 Å². The zero-order valence-electron chi connectivity index (χ0n) is 12.7. The van der Waals surface area contributed by atoms with Crippen molar-refractivity contribution in [3.8, 4) is 22.3 Å². The lowest BCUT2D eigenvalue weighted by Gasteiger charge is -2.13. The maximum absolute atomic E-state index is 4.21. The summed E-state index contributed by atoms with van der Waals surface area (Å²) >= 11 is 0. The fourth-order valence-corrected chi connectivity index (χ4v) is 3.02. The zero-order valence-corrected chi connectivity index (χ0v) is 12.7. The van der Waals surface area contributed by atoms with Crippen molar-refractivity contribution in [3.63, 3.8) is 0 Å². The molecule has 0 unspecified atom stereocenters. The molecule has 0 aliphatic heterocycles. The Morgan fingerprint density at radius 2 is 1.38 bits per heavy atom. The van der Waals surface area contributed by atoms with Gasteiger partial charge in [-0.3, -0.25) is 4.98 Å². The van der Waals surface area contributed by atoms with E-state index in [0.717, 1.165) is 5.56 Å². The molecule has 0 spiro atoms. The highest BCUT2D eigenvalue weighted by atomic mass is 14.6. The average molecular weight is 273 g/mol. The molecular formula is C20H19N. The summed E-state index contributed by atoms with van der Waals surface area (Å²) < 4.78 is 0. The van der Waals surface area contributed by atoms with Crippen molar-refractivity contribution in [2.45, 2.75) is 20.8 Å². The van der Waals surface area contributed by atoms with Crippen LogP contribution < -0.4 is 0 Å². The first kappa shape index (κ1) is 13.6. The van der Waals surface area contributed by atoms with E-state index < -0.39 is 0 Å². The molecule has 3 aromatic rings. The molecule has 0 N–H and O–H groups in total. The smallest absolute Gasteiger partial charge is 0.0346 e. The number of aromatic nitrogens is 1. The second-order valence-corrected chi connectivity index (χ2v) is 5.60. The molecule has 0 radical (unpaired) electrons. The third-order valence-corrected chi connectivity index (χ3v) is 3.82. The fourth-order valence-electron chi connectivity index (χ4n) is 3.02. The minimum atomic E-state index is 1.15. The molecule has 3 rings (SSSR count). The van der Waals surface area contributed by atoms with Gasteiger partial charge in [0.2, 0.25) is 0 Å². The Kier molecular flexibility index (Phi) is 3.57. The lowest BCUT2D eigenvalue weighted by atomic mass is 9.92. The second kappa shape index (κ2) is 5.53. The van der Waals surface area contributed by atoms with E-state index in [4.69, 9.17) is 0 Å². The van der Waals surface area contributed by atoms with Gasteiger partial charge in [-0.25, -0.2) is 0 Å². The highest BCUT2D eigenvalue weighted by molar-refractivity contribution is 5.76. The first-order chi connectivity index (χ1) is 10.1. The van der Waals surface area contributed by atoms with Crippen LogP contribution in [0, 0.1) is 20.8 Å². The first-order valence-corrected chi connectivity index (χ1v) is 7.24. The van der Waals surface area contributed by atoms with Crippen LogP contribution in [0.5, 0.6) is 0 Å². The van der Waals surface area contributed by atoms with E-state index in [0.29, 0.717) is 0 Å². The number of aryl methyl sites for hydroxylation is 3. The Morgan fingerprint density at radius 3 is 2.05 bits per heavy atom. The Morgan fingerprint density at radius 1 is 0.714 bits per heavy atom. The van der Waals surface area contributed by atoms with Gasteiger partial charge in [-0.2, -0.15) is 0 Å². The van der Waals surface area contributed by atoms with Crippen LogP contribution in [0.4, 0.5) is 0 Å². The van der Waals surface area contributed by atoms with Crippen LogP contribution in [0.3, 0.4) is 0 Å². The standard InChI is InChI=1S/C20H19N/c1-14-10-15(2)20(16(3)11-14)18-7-4-6-17(12-18)19-8-5-9-21-13-19/h4-13H,1-3H3. The Bertz CT molecular complexity index is 750. The number of benzene rings is 2. The van der Waals surface area contributed by atoms with E-state index in [2.05, 4.69) is 68.2 Å². The minimum Gasteiger partial charge on any atom is -0.264 e. The molecule has 104 valence electrons. The summed E-state index contributed by atoms with van der Waals surface area (Å²) in [7, 11) is 0. The van der Waals surface area contributed by atoms with Crippen molar-refractivity contribution in [1.29, 1.82) is 0 Å². The number of rotatable bonds is 2. The summed E-state index contributed by atoms with van der Waals surface area (Å²) in [5.41, 5.74) is 8.95. The SMILES string of the molecule is Cc1cc(C)c(-c2cccc(-c3cccnc3)c2)c(C)c1. The summed E-state index contributed by atoms with van der Waals surface area (Å²) in [6.45, 7) is 6.52. The third kappa shape index (κ3) is 2.73. The molecule has 0 aliphatic rings. The average Bonchev–Trinajstić information content (AvgIpc) is 2.47. The van der Waals surface area contributed by atoms with Gasteiger partial charge < -0.3 is 0 Å². The quantitative estimate of drug-likeness (QED) is 0.614. The zero-order chi connectivity index (χ0) is 14.8. The van der Waals surface area contributed by atoms with Gasteiger partial charge in [-0.1, -0.05) is 42.0 Å². The summed E-state index contributed by atoms with van der Waals surface area (Å²) in [6, 6.07) is 17.3. The number of hydrogen-bond donors (Lipinski definition) is 0. The highest BCUT2D eigenvalue weighted by Gasteiger charge is 2.08. The summed E-state index contributed by atoms with van der Waals surface area (Å²) in [5, 5.41) is 0. The van der Waals surface area contributed by atoms with Gasteiger partial charge in [0.1, 0.15) is 0 Å². The predicted molar refractivity (Wildman–Crippen MR) is 89.3 cm³/mol. The Balaban J connectivity index is 2.13. The monoisotopic (exact) mass is 273 g/mol. The Labute approximate surface area is 126 Å². The molecule has 0 fully saturated rings. The largest absolute Gasteiger partial charge is 0.264 e. The van der Waals surface area contributed by atoms with Crippen molar-refractivity contribution in [3.05, 3.63) is 77.6 Å². The molecule has 0 atom stereocenters. The van der Waals surface area contributed by atoms with Crippen LogP contribution in [-0.2, 0) is 0 Å². The van der Waals surface area contributed by atoms with Crippen LogP contribution in [-0.4, -0.2) is 4.98 Å². The molecule has 0 bridgehead atoms. The molecular weight excluding hydrogens is 254 g/mol. The van der Waals surface area contributed by atoms with E-state index in [-0.39, 0.29) is 0 Å².